The summed E-state index contributed by atoms with van der Waals surface area (Å²) >= 11 is 0. The molecule has 0 spiro atoms. The predicted octanol–water partition coefficient (Wildman–Crippen LogP) is 4.78. The molecule has 0 aromatic rings. The van der Waals surface area contributed by atoms with Crippen LogP contribution in [0.2, 0.25) is 0 Å². The summed E-state index contributed by atoms with van der Waals surface area (Å²) in [6.45, 7) is 13.8. The topological polar surface area (TPSA) is 43.4 Å². The number of carbonyl (C=O) groups is 2. The van der Waals surface area contributed by atoms with Crippen molar-refractivity contribution in [3.05, 3.63) is 35.1 Å². The van der Waals surface area contributed by atoms with Crippen LogP contribution in [0.3, 0.4) is 0 Å². The number of hydrogen-bond acceptors (Lipinski definition) is 3. The fourth-order valence-electron chi connectivity index (χ4n) is 6.57. The lowest BCUT2D eigenvalue weighted by molar-refractivity contribution is -0.121. The number of ether oxygens (including phenoxy) is 1. The molecule has 26 heavy (non-hydrogen) atoms. The van der Waals surface area contributed by atoms with Gasteiger partial charge in [0, 0.05) is 23.1 Å². The summed E-state index contributed by atoms with van der Waals surface area (Å²) in [5.41, 5.74) is 2.72. The monoisotopic (exact) mass is 354 g/mol. The van der Waals surface area contributed by atoms with Gasteiger partial charge in [-0.15, -0.1) is 0 Å². The van der Waals surface area contributed by atoms with Gasteiger partial charge in [-0.3, -0.25) is 9.59 Å². The molecule has 3 heteroatoms. The van der Waals surface area contributed by atoms with Crippen molar-refractivity contribution < 1.29 is 14.3 Å². The summed E-state index contributed by atoms with van der Waals surface area (Å²) in [5.74, 6) is 1.27. The number of ketones is 2. The average Bonchev–Trinajstić information content (AvgIpc) is 2.58. The second kappa shape index (κ2) is 5.68. The van der Waals surface area contributed by atoms with Crippen LogP contribution in [-0.2, 0) is 14.3 Å². The number of Topliss-reactive ketones (excluding diaryl/α,β-unsaturated/α-hetero) is 1. The second-order valence-corrected chi connectivity index (χ2v) is 9.29. The Balaban J connectivity index is 1.84. The summed E-state index contributed by atoms with van der Waals surface area (Å²) in [5, 5.41) is 0. The molecule has 0 saturated heterocycles. The van der Waals surface area contributed by atoms with Gasteiger partial charge in [0.2, 0.25) is 5.78 Å². The SMILES string of the molecule is C=C1[C@H]2C[C@@]3(C)C(C)CCC[C@H]3[C@]1(C)CC1=C2C(=O)C(OCC)=CC1=O. The van der Waals surface area contributed by atoms with Gasteiger partial charge in [0.05, 0.1) is 6.61 Å². The molecule has 0 radical (unpaired) electrons. The van der Waals surface area contributed by atoms with Crippen molar-refractivity contribution in [3.63, 3.8) is 0 Å². The first-order valence-corrected chi connectivity index (χ1v) is 10.1. The zero-order valence-electron chi connectivity index (χ0n) is 16.5. The number of hydrogen-bond donors (Lipinski definition) is 0. The third-order valence-corrected chi connectivity index (χ3v) is 8.16. The first kappa shape index (κ1) is 17.8. The molecule has 2 fully saturated rings. The number of fused-ring (bicyclic) bond motifs is 5. The van der Waals surface area contributed by atoms with Crippen LogP contribution in [-0.4, -0.2) is 18.2 Å². The maximum Gasteiger partial charge on any atom is 0.224 e. The Morgan fingerprint density at radius 3 is 2.69 bits per heavy atom. The number of allylic oxidation sites excluding steroid dienone is 4. The van der Waals surface area contributed by atoms with E-state index in [4.69, 9.17) is 4.74 Å². The molecule has 0 aromatic carbocycles. The van der Waals surface area contributed by atoms with Gasteiger partial charge in [0.15, 0.2) is 11.5 Å². The lowest BCUT2D eigenvalue weighted by Crippen LogP contribution is -2.56. The molecule has 2 bridgehead atoms. The van der Waals surface area contributed by atoms with Crippen LogP contribution in [0.5, 0.6) is 0 Å². The van der Waals surface area contributed by atoms with Gasteiger partial charge >= 0.3 is 0 Å². The van der Waals surface area contributed by atoms with Crippen molar-refractivity contribution in [1.82, 2.24) is 0 Å². The zero-order chi connectivity index (χ0) is 18.9. The molecule has 0 aliphatic heterocycles. The quantitative estimate of drug-likeness (QED) is 0.529. The summed E-state index contributed by atoms with van der Waals surface area (Å²) < 4.78 is 5.49. The third-order valence-electron chi connectivity index (χ3n) is 8.16. The molecule has 4 rings (SSSR count). The van der Waals surface area contributed by atoms with Gasteiger partial charge in [-0.2, -0.15) is 0 Å². The van der Waals surface area contributed by atoms with E-state index in [1.165, 1.54) is 30.9 Å². The fourth-order valence-corrected chi connectivity index (χ4v) is 6.57. The van der Waals surface area contributed by atoms with Gasteiger partial charge in [0.1, 0.15) is 0 Å². The zero-order valence-corrected chi connectivity index (χ0v) is 16.5. The molecule has 4 aliphatic carbocycles. The fraction of sp³-hybridized carbons (Fsp3) is 0.652. The minimum absolute atomic E-state index is 0.00819. The minimum Gasteiger partial charge on any atom is -0.490 e. The van der Waals surface area contributed by atoms with E-state index in [0.29, 0.717) is 30.4 Å². The van der Waals surface area contributed by atoms with Gasteiger partial charge in [-0.05, 0) is 48.9 Å². The highest BCUT2D eigenvalue weighted by atomic mass is 16.5. The van der Waals surface area contributed by atoms with Gasteiger partial charge in [-0.25, -0.2) is 0 Å². The van der Waals surface area contributed by atoms with Crippen molar-refractivity contribution in [2.75, 3.05) is 6.61 Å². The van der Waals surface area contributed by atoms with Crippen LogP contribution in [0, 0.1) is 28.6 Å². The summed E-state index contributed by atoms with van der Waals surface area (Å²) in [6, 6.07) is 0. The molecule has 5 atom stereocenters. The Hall–Kier alpha value is -1.64. The van der Waals surface area contributed by atoms with Crippen LogP contribution in [0.1, 0.15) is 59.8 Å². The van der Waals surface area contributed by atoms with Gasteiger partial charge in [-0.1, -0.05) is 45.8 Å². The molecule has 0 aromatic heterocycles. The van der Waals surface area contributed by atoms with E-state index in [0.717, 1.165) is 12.0 Å². The Morgan fingerprint density at radius 1 is 1.27 bits per heavy atom. The average molecular weight is 354 g/mol. The maximum absolute atomic E-state index is 13.1. The minimum atomic E-state index is -0.0852. The van der Waals surface area contributed by atoms with E-state index in [1.54, 1.807) is 0 Å². The van der Waals surface area contributed by atoms with Crippen LogP contribution in [0.25, 0.3) is 0 Å². The summed E-state index contributed by atoms with van der Waals surface area (Å²) in [6.07, 6.45) is 6.72. The molecule has 2 saturated carbocycles. The molecule has 0 amide bonds. The molecular formula is C23H30O3. The highest BCUT2D eigenvalue weighted by Gasteiger charge is 2.60. The van der Waals surface area contributed by atoms with E-state index in [1.807, 2.05) is 6.92 Å². The highest BCUT2D eigenvalue weighted by Crippen LogP contribution is 2.68. The first-order chi connectivity index (χ1) is 12.2. The normalized spacial score (nSPS) is 42.2. The second-order valence-electron chi connectivity index (χ2n) is 9.29. The predicted molar refractivity (Wildman–Crippen MR) is 101 cm³/mol. The number of carbonyl (C=O) groups excluding carboxylic acids is 2. The van der Waals surface area contributed by atoms with E-state index in [2.05, 4.69) is 27.4 Å². The van der Waals surface area contributed by atoms with Crippen LogP contribution in [0.4, 0.5) is 0 Å². The molecule has 4 aliphatic rings. The van der Waals surface area contributed by atoms with E-state index >= 15 is 0 Å². The Labute approximate surface area is 156 Å². The summed E-state index contributed by atoms with van der Waals surface area (Å²) in [7, 11) is 0. The molecular weight excluding hydrogens is 324 g/mol. The van der Waals surface area contributed by atoms with Crippen molar-refractivity contribution in [1.29, 1.82) is 0 Å². The Kier molecular flexibility index (Phi) is 3.88. The molecule has 0 N–H and O–H groups in total. The number of rotatable bonds is 2. The van der Waals surface area contributed by atoms with Crippen molar-refractivity contribution in [3.8, 4) is 0 Å². The standard InChI is InChI=1S/C23H30O3/c1-6-26-18-10-17(24)16-12-23(5)14(3)15(20(16)21(18)25)11-22(4)13(2)8-7-9-19(22)23/h10,13,15,19H,3,6-9,11-12H2,1-2,4-5H3/t13?,15-,19-,22+,23-/m1/s1. The van der Waals surface area contributed by atoms with Crippen LogP contribution < -0.4 is 0 Å². The smallest absolute Gasteiger partial charge is 0.224 e. The molecule has 0 heterocycles. The molecule has 1 unspecified atom stereocenters. The van der Waals surface area contributed by atoms with E-state index < -0.39 is 0 Å². The van der Waals surface area contributed by atoms with Crippen molar-refractivity contribution in [2.24, 2.45) is 28.6 Å². The Morgan fingerprint density at radius 2 is 2.00 bits per heavy atom. The van der Waals surface area contributed by atoms with Crippen molar-refractivity contribution >= 4 is 11.6 Å². The summed E-state index contributed by atoms with van der Waals surface area (Å²) in [4.78, 5) is 26.0. The molecule has 140 valence electrons. The lowest BCUT2D eigenvalue weighted by atomic mass is 9.41. The highest BCUT2D eigenvalue weighted by molar-refractivity contribution is 6.22. The van der Waals surface area contributed by atoms with E-state index in [-0.39, 0.29) is 34.1 Å². The van der Waals surface area contributed by atoms with Gasteiger partial charge in [0.25, 0.3) is 0 Å². The third kappa shape index (κ3) is 2.12. The van der Waals surface area contributed by atoms with Crippen molar-refractivity contribution in [2.45, 2.75) is 59.8 Å². The first-order valence-electron chi connectivity index (χ1n) is 10.1. The largest absolute Gasteiger partial charge is 0.490 e. The maximum atomic E-state index is 13.1. The van der Waals surface area contributed by atoms with Crippen LogP contribution in [0.15, 0.2) is 35.1 Å². The van der Waals surface area contributed by atoms with Gasteiger partial charge < -0.3 is 4.74 Å². The molecule has 3 nitrogen and oxygen atoms in total. The lowest BCUT2D eigenvalue weighted by Gasteiger charge is -2.63. The Bertz CT molecular complexity index is 770. The van der Waals surface area contributed by atoms with E-state index in [9.17, 15) is 9.59 Å². The van der Waals surface area contributed by atoms with Crippen LogP contribution >= 0.6 is 0 Å².